The minimum absolute atomic E-state index is 0.0152. The zero-order chi connectivity index (χ0) is 32.0. The molecular weight excluding hydrogens is 588 g/mol. The Kier molecular flexibility index (Phi) is 8.20. The van der Waals surface area contributed by atoms with Gasteiger partial charge >= 0.3 is 0 Å². The van der Waals surface area contributed by atoms with Gasteiger partial charge in [-0.15, -0.1) is 0 Å². The first-order valence-electron chi connectivity index (χ1n) is 16.2. The lowest BCUT2D eigenvalue weighted by Crippen LogP contribution is -2.51. The van der Waals surface area contributed by atoms with E-state index in [-0.39, 0.29) is 18.0 Å². The van der Waals surface area contributed by atoms with Crippen molar-refractivity contribution in [2.75, 3.05) is 38.5 Å². The number of piperazine rings is 1. The van der Waals surface area contributed by atoms with E-state index in [4.69, 9.17) is 10.8 Å². The number of hydrogen-bond acceptors (Lipinski definition) is 8. The molecule has 12 heteroatoms. The van der Waals surface area contributed by atoms with Gasteiger partial charge in [0.1, 0.15) is 35.3 Å². The predicted octanol–water partition coefficient (Wildman–Crippen LogP) is 5.08. The number of nitrogens with zero attached hydrogens (tertiary/aromatic N) is 7. The summed E-state index contributed by atoms with van der Waals surface area (Å²) in [4.78, 5) is 21.9. The molecule has 7 rings (SSSR count). The van der Waals surface area contributed by atoms with Crippen molar-refractivity contribution in [2.45, 2.75) is 70.1 Å². The lowest BCUT2D eigenvalue weighted by atomic mass is 9.90. The second-order valence-electron chi connectivity index (χ2n) is 13.4. The van der Waals surface area contributed by atoms with Gasteiger partial charge in [0.25, 0.3) is 0 Å². The highest BCUT2D eigenvalue weighted by molar-refractivity contribution is 5.99. The highest BCUT2D eigenvalue weighted by Gasteiger charge is 2.31. The average Bonchev–Trinajstić information content (AvgIpc) is 3.64. The average molecular weight is 630 g/mol. The molecule has 1 aliphatic heterocycles. The summed E-state index contributed by atoms with van der Waals surface area (Å²) >= 11 is 0. The fourth-order valence-electron chi connectivity index (χ4n) is 7.06. The van der Waals surface area contributed by atoms with Crippen LogP contribution in [0.5, 0.6) is 0 Å². The summed E-state index contributed by atoms with van der Waals surface area (Å²) in [6.45, 7) is 8.90. The van der Waals surface area contributed by atoms with Crippen LogP contribution in [0.4, 0.5) is 14.6 Å². The Morgan fingerprint density at radius 2 is 1.70 bits per heavy atom. The van der Waals surface area contributed by atoms with Crippen LogP contribution in [-0.4, -0.2) is 89.0 Å². The molecular formula is C34H41F2N9O. The lowest BCUT2D eigenvalue weighted by molar-refractivity contribution is 0.0356. The van der Waals surface area contributed by atoms with Crippen molar-refractivity contribution in [1.29, 1.82) is 0 Å². The fourth-order valence-corrected chi connectivity index (χ4v) is 7.06. The second-order valence-corrected chi connectivity index (χ2v) is 13.4. The topological polar surface area (TPSA) is 125 Å². The van der Waals surface area contributed by atoms with Gasteiger partial charge in [-0.3, -0.25) is 4.90 Å². The molecule has 0 bridgehead atoms. The van der Waals surface area contributed by atoms with Crippen LogP contribution in [0, 0.1) is 11.6 Å². The summed E-state index contributed by atoms with van der Waals surface area (Å²) < 4.78 is 30.6. The number of anilines is 1. The van der Waals surface area contributed by atoms with Crippen molar-refractivity contribution in [3.05, 3.63) is 65.7 Å². The number of hydrogen-bond donors (Lipinski definition) is 3. The SMILES string of the molecule is CC(C)(O)CCN1CCN(C2CCC(n3nc(-c4ccc5[nH]c(Cc6c(F)cccc6F)nc5c4)c4c(N)ncnc43)CC2)CC1. The zero-order valence-electron chi connectivity index (χ0n) is 26.4. The molecule has 4 N–H and O–H groups in total. The van der Waals surface area contributed by atoms with Crippen LogP contribution in [0.3, 0.4) is 0 Å². The van der Waals surface area contributed by atoms with Crippen LogP contribution >= 0.6 is 0 Å². The number of halogens is 2. The number of benzene rings is 2. The first kappa shape index (κ1) is 30.6. The molecule has 0 radical (unpaired) electrons. The largest absolute Gasteiger partial charge is 0.390 e. The number of nitrogens with one attached hydrogen (secondary N) is 1. The summed E-state index contributed by atoms with van der Waals surface area (Å²) in [5.74, 6) is -0.339. The Bertz CT molecular complexity index is 1830. The molecule has 1 saturated carbocycles. The van der Waals surface area contributed by atoms with Crippen LogP contribution in [-0.2, 0) is 6.42 Å². The Balaban J connectivity index is 1.08. The van der Waals surface area contributed by atoms with Gasteiger partial charge in [0.2, 0.25) is 0 Å². The van der Waals surface area contributed by atoms with Gasteiger partial charge in [0, 0.05) is 56.3 Å². The number of nitrogen functional groups attached to an aromatic ring is 1. The molecule has 2 aliphatic rings. The standard InChI is InChI=1S/C34H41F2N9O/c1-34(2,46)12-13-43-14-16-44(17-15-43)22-7-9-23(10-8-22)45-33-30(32(37)38-20-39-33)31(42-45)21-6-11-27-28(18-21)41-29(40-27)19-24-25(35)4-3-5-26(24)36/h3-6,11,18,20,22-23,46H,7-10,12-17,19H2,1-2H3,(H,40,41)(H2,37,38,39). The number of H-pyrrole nitrogens is 1. The van der Waals surface area contributed by atoms with Gasteiger partial charge in [-0.25, -0.2) is 28.4 Å². The monoisotopic (exact) mass is 629 g/mol. The van der Waals surface area contributed by atoms with E-state index in [2.05, 4.69) is 29.7 Å². The normalized spacial score (nSPS) is 20.2. The van der Waals surface area contributed by atoms with Crippen LogP contribution in [0.2, 0.25) is 0 Å². The number of rotatable bonds is 8. The Hall–Kier alpha value is -4.00. The minimum atomic E-state index is -0.622. The lowest BCUT2D eigenvalue weighted by Gasteiger charge is -2.42. The molecule has 0 atom stereocenters. The van der Waals surface area contributed by atoms with E-state index >= 15 is 0 Å². The van der Waals surface area contributed by atoms with Crippen molar-refractivity contribution in [1.82, 2.24) is 39.5 Å². The first-order chi connectivity index (χ1) is 22.1. The fraction of sp³-hybridized carbons (Fsp3) is 0.471. The molecule has 0 amide bonds. The van der Waals surface area contributed by atoms with Crippen molar-refractivity contribution in [2.24, 2.45) is 0 Å². The molecule has 46 heavy (non-hydrogen) atoms. The van der Waals surface area contributed by atoms with E-state index in [1.807, 2.05) is 36.7 Å². The summed E-state index contributed by atoms with van der Waals surface area (Å²) in [6.07, 6.45) is 6.48. The van der Waals surface area contributed by atoms with Crippen LogP contribution in [0.25, 0.3) is 33.3 Å². The maximum atomic E-state index is 14.3. The Morgan fingerprint density at radius 1 is 0.978 bits per heavy atom. The third-order valence-corrected chi connectivity index (χ3v) is 9.70. The van der Waals surface area contributed by atoms with E-state index in [1.54, 1.807) is 0 Å². The number of aliphatic hydroxyl groups is 1. The van der Waals surface area contributed by atoms with Gasteiger partial charge in [-0.2, -0.15) is 5.10 Å². The third-order valence-electron chi connectivity index (χ3n) is 9.70. The number of aromatic nitrogens is 6. The summed E-state index contributed by atoms with van der Waals surface area (Å²) in [5.41, 5.74) is 9.46. The number of aromatic amines is 1. The Morgan fingerprint density at radius 3 is 2.41 bits per heavy atom. The predicted molar refractivity (Wildman–Crippen MR) is 174 cm³/mol. The number of fused-ring (bicyclic) bond motifs is 2. The van der Waals surface area contributed by atoms with Gasteiger partial charge in [-0.05, 0) is 70.2 Å². The van der Waals surface area contributed by atoms with E-state index in [0.717, 1.165) is 86.9 Å². The first-order valence-corrected chi connectivity index (χ1v) is 16.2. The second kappa shape index (κ2) is 12.3. The molecule has 242 valence electrons. The van der Waals surface area contributed by atoms with Crippen molar-refractivity contribution < 1.29 is 13.9 Å². The van der Waals surface area contributed by atoms with Gasteiger partial charge in [0.15, 0.2) is 5.65 Å². The van der Waals surface area contributed by atoms with Crippen molar-refractivity contribution >= 4 is 27.9 Å². The summed E-state index contributed by atoms with van der Waals surface area (Å²) in [7, 11) is 0. The smallest absolute Gasteiger partial charge is 0.164 e. The van der Waals surface area contributed by atoms with E-state index in [0.29, 0.717) is 28.9 Å². The van der Waals surface area contributed by atoms with Gasteiger partial charge < -0.3 is 20.7 Å². The van der Waals surface area contributed by atoms with Gasteiger partial charge in [-0.1, -0.05) is 12.1 Å². The highest BCUT2D eigenvalue weighted by atomic mass is 19.1. The van der Waals surface area contributed by atoms with Crippen LogP contribution < -0.4 is 5.73 Å². The molecule has 3 aromatic heterocycles. The quantitative estimate of drug-likeness (QED) is 0.217. The van der Waals surface area contributed by atoms with E-state index in [1.165, 1.54) is 24.5 Å². The highest BCUT2D eigenvalue weighted by Crippen LogP contribution is 2.37. The molecule has 5 aromatic rings. The van der Waals surface area contributed by atoms with E-state index < -0.39 is 17.2 Å². The maximum Gasteiger partial charge on any atom is 0.164 e. The molecule has 0 unspecified atom stereocenters. The zero-order valence-corrected chi connectivity index (χ0v) is 26.4. The molecule has 2 fully saturated rings. The molecule has 1 aliphatic carbocycles. The van der Waals surface area contributed by atoms with Crippen LogP contribution in [0.15, 0.2) is 42.7 Å². The minimum Gasteiger partial charge on any atom is -0.390 e. The molecule has 0 spiro atoms. The Labute approximate surface area is 266 Å². The number of nitrogens with two attached hydrogens (primary N) is 1. The molecule has 4 heterocycles. The van der Waals surface area contributed by atoms with Crippen LogP contribution in [0.1, 0.15) is 63.4 Å². The summed E-state index contributed by atoms with van der Waals surface area (Å²) in [6, 6.07) is 10.4. The summed E-state index contributed by atoms with van der Waals surface area (Å²) in [5, 5.41) is 15.9. The number of imidazole rings is 1. The van der Waals surface area contributed by atoms with E-state index in [9.17, 15) is 13.9 Å². The third kappa shape index (κ3) is 6.21. The maximum absolute atomic E-state index is 14.3. The van der Waals surface area contributed by atoms with Gasteiger partial charge in [0.05, 0.1) is 28.1 Å². The van der Waals surface area contributed by atoms with Crippen molar-refractivity contribution in [3.8, 4) is 11.3 Å². The molecule has 1 saturated heterocycles. The molecule has 10 nitrogen and oxygen atoms in total. The molecule has 2 aromatic carbocycles. The van der Waals surface area contributed by atoms with Crippen molar-refractivity contribution in [3.63, 3.8) is 0 Å².